The standard InChI is InChI=1S/C49H62FN3O10/c1-4-26-60-49-44(53(32-34-18-20-37(50)21-19-34)48(57)59-28-27-58-33-35-14-8-7-9-15-35)31-42(52-61-6-3)40-29-36(16-10-12-24-54)39(17-11-13-25-55)45(46(40)49)41-30-38(22-23-43(41)63-49)62-47(56)51-5-2/h4,7-9,14-15,18-23,29-30,36,39,44-46,54-55H,1,5-6,10-13,16-17,24-28,31-33H2,2-3H3,(H,51,56)/t36-,39+,44-,45+,46+,49+/m0/s1. The topological polar surface area (TPSA) is 158 Å². The van der Waals surface area contributed by atoms with Crippen LogP contribution < -0.4 is 14.8 Å². The van der Waals surface area contributed by atoms with Gasteiger partial charge in [0.1, 0.15) is 36.6 Å². The van der Waals surface area contributed by atoms with Crippen LogP contribution in [0.4, 0.5) is 14.0 Å². The van der Waals surface area contributed by atoms with Gasteiger partial charge in [-0.1, -0.05) is 72.6 Å². The number of aliphatic hydroxyl groups is 2. The summed E-state index contributed by atoms with van der Waals surface area (Å²) < 4.78 is 46.2. The molecular formula is C49H62FN3O10. The van der Waals surface area contributed by atoms with E-state index in [0.29, 0.717) is 55.4 Å². The third-order valence-corrected chi connectivity index (χ3v) is 11.9. The van der Waals surface area contributed by atoms with Gasteiger partial charge in [-0.2, -0.15) is 0 Å². The predicted octanol–water partition coefficient (Wildman–Crippen LogP) is 8.44. The van der Waals surface area contributed by atoms with Crippen molar-refractivity contribution in [1.29, 1.82) is 0 Å². The summed E-state index contributed by atoms with van der Waals surface area (Å²) in [4.78, 5) is 34.9. The number of amides is 2. The van der Waals surface area contributed by atoms with Crippen molar-refractivity contribution >= 4 is 17.9 Å². The number of rotatable bonds is 23. The molecule has 1 heterocycles. The second kappa shape index (κ2) is 23.4. The Morgan fingerprint density at radius 3 is 2.46 bits per heavy atom. The van der Waals surface area contributed by atoms with Crippen molar-refractivity contribution < 1.29 is 52.7 Å². The summed E-state index contributed by atoms with van der Waals surface area (Å²) in [6.45, 7) is 8.94. The SMILES string of the molecule is C=CCO[C@@]12Oc3ccc(OC(=O)NCC)cc3[C@H]3[C@H](CCCCO)[C@@H](CCCCO)C=C(C(=NOCC)C[C@@H]1N(Cc1ccc(F)cc1)C(=O)OCCOCc1ccccc1)[C@H]32. The molecule has 0 spiro atoms. The zero-order chi connectivity index (χ0) is 44.6. The van der Waals surface area contributed by atoms with Gasteiger partial charge in [0, 0.05) is 44.2 Å². The predicted molar refractivity (Wildman–Crippen MR) is 236 cm³/mol. The van der Waals surface area contributed by atoms with Gasteiger partial charge in [0.15, 0.2) is 0 Å². The molecule has 0 saturated heterocycles. The van der Waals surface area contributed by atoms with Gasteiger partial charge >= 0.3 is 12.2 Å². The molecule has 0 bridgehead atoms. The number of nitrogens with one attached hydrogen (secondary N) is 1. The minimum absolute atomic E-state index is 0.00191. The van der Waals surface area contributed by atoms with Gasteiger partial charge in [-0.15, -0.1) is 6.58 Å². The number of carbonyl (C=O) groups excluding carboxylic acids is 2. The molecule has 2 amide bonds. The summed E-state index contributed by atoms with van der Waals surface area (Å²) >= 11 is 0. The first-order valence-electron chi connectivity index (χ1n) is 22.2. The largest absolute Gasteiger partial charge is 0.459 e. The van der Waals surface area contributed by atoms with Crippen molar-refractivity contribution in [3.05, 3.63) is 120 Å². The molecule has 0 radical (unpaired) electrons. The second-order valence-corrected chi connectivity index (χ2v) is 16.0. The van der Waals surface area contributed by atoms with Crippen LogP contribution in [0.15, 0.2) is 102 Å². The van der Waals surface area contributed by atoms with Crippen LogP contribution in [0.3, 0.4) is 0 Å². The number of benzene rings is 3. The molecule has 1 saturated carbocycles. The molecular weight excluding hydrogens is 810 g/mol. The Hall–Kier alpha value is -5.28. The second-order valence-electron chi connectivity index (χ2n) is 16.0. The summed E-state index contributed by atoms with van der Waals surface area (Å²) in [5, 5.41) is 27.2. The van der Waals surface area contributed by atoms with E-state index < -0.39 is 35.8 Å². The fraction of sp³-hybridized carbons (Fsp3) is 0.490. The van der Waals surface area contributed by atoms with Gasteiger partial charge in [-0.05, 0) is 98.4 Å². The normalized spacial score (nSPS) is 22.8. The maximum Gasteiger partial charge on any atom is 0.412 e. The Morgan fingerprint density at radius 1 is 0.984 bits per heavy atom. The first-order valence-corrected chi connectivity index (χ1v) is 22.2. The summed E-state index contributed by atoms with van der Waals surface area (Å²) in [6.07, 6.45) is 7.00. The number of nitrogens with zero attached hydrogens (tertiary/aromatic N) is 2. The number of hydrogen-bond donors (Lipinski definition) is 3. The van der Waals surface area contributed by atoms with Gasteiger partial charge < -0.3 is 44.1 Å². The number of unbranched alkanes of at least 4 members (excludes halogenated alkanes) is 2. The van der Waals surface area contributed by atoms with Crippen molar-refractivity contribution in [2.24, 2.45) is 22.9 Å². The van der Waals surface area contributed by atoms with E-state index in [2.05, 4.69) is 18.0 Å². The molecule has 0 unspecified atom stereocenters. The molecule has 2 aliphatic carbocycles. The first kappa shape index (κ1) is 47.2. The van der Waals surface area contributed by atoms with E-state index >= 15 is 0 Å². The van der Waals surface area contributed by atoms with Gasteiger partial charge in [-0.3, -0.25) is 4.90 Å². The lowest BCUT2D eigenvalue weighted by atomic mass is 9.55. The van der Waals surface area contributed by atoms with Crippen LogP contribution in [0.1, 0.15) is 81.4 Å². The third kappa shape index (κ3) is 11.7. The van der Waals surface area contributed by atoms with Crippen LogP contribution in [-0.4, -0.2) is 91.0 Å². The number of oxime groups is 1. The van der Waals surface area contributed by atoms with Crippen LogP contribution in [0, 0.1) is 23.6 Å². The van der Waals surface area contributed by atoms with Crippen LogP contribution in [0.2, 0.25) is 0 Å². The minimum Gasteiger partial charge on any atom is -0.459 e. The average molecular weight is 872 g/mol. The van der Waals surface area contributed by atoms with Crippen LogP contribution in [-0.2, 0) is 32.2 Å². The van der Waals surface area contributed by atoms with Gasteiger partial charge in [-0.25, -0.2) is 14.0 Å². The van der Waals surface area contributed by atoms with E-state index in [-0.39, 0.29) is 63.8 Å². The van der Waals surface area contributed by atoms with Crippen molar-refractivity contribution in [3.63, 3.8) is 0 Å². The van der Waals surface area contributed by atoms with E-state index in [9.17, 15) is 24.2 Å². The van der Waals surface area contributed by atoms with Crippen molar-refractivity contribution in [1.82, 2.24) is 10.2 Å². The Morgan fingerprint density at radius 2 is 1.75 bits per heavy atom. The summed E-state index contributed by atoms with van der Waals surface area (Å²) in [7, 11) is 0. The zero-order valence-corrected chi connectivity index (χ0v) is 36.4. The molecule has 0 aromatic heterocycles. The van der Waals surface area contributed by atoms with Crippen LogP contribution in [0.25, 0.3) is 0 Å². The summed E-state index contributed by atoms with van der Waals surface area (Å²) in [6, 6.07) is 20.1. The molecule has 3 aromatic carbocycles. The zero-order valence-electron chi connectivity index (χ0n) is 36.4. The van der Waals surface area contributed by atoms with Gasteiger partial charge in [0.25, 0.3) is 0 Å². The average Bonchev–Trinajstić information content (AvgIpc) is 3.29. The molecule has 14 heteroatoms. The van der Waals surface area contributed by atoms with Gasteiger partial charge in [0.05, 0.1) is 31.5 Å². The lowest BCUT2D eigenvalue weighted by Gasteiger charge is -2.59. The van der Waals surface area contributed by atoms with Gasteiger partial charge in [0.2, 0.25) is 5.79 Å². The van der Waals surface area contributed by atoms with E-state index in [1.165, 1.54) is 12.1 Å². The molecule has 6 atom stereocenters. The lowest BCUT2D eigenvalue weighted by molar-refractivity contribution is -0.256. The Bertz CT molecular complexity index is 2010. The molecule has 63 heavy (non-hydrogen) atoms. The van der Waals surface area contributed by atoms with Crippen molar-refractivity contribution in [3.8, 4) is 11.5 Å². The fourth-order valence-electron chi connectivity index (χ4n) is 9.27. The molecule has 340 valence electrons. The highest BCUT2D eigenvalue weighted by atomic mass is 19.1. The van der Waals surface area contributed by atoms with E-state index in [4.69, 9.17) is 33.7 Å². The fourth-order valence-corrected chi connectivity index (χ4v) is 9.27. The lowest BCUT2D eigenvalue weighted by Crippen LogP contribution is -2.70. The van der Waals surface area contributed by atoms with Crippen LogP contribution in [0.5, 0.6) is 11.5 Å². The highest BCUT2D eigenvalue weighted by Crippen LogP contribution is 2.62. The number of aliphatic hydroxyl groups excluding tert-OH is 2. The Kier molecular flexibility index (Phi) is 17.5. The highest BCUT2D eigenvalue weighted by Gasteiger charge is 2.65. The third-order valence-electron chi connectivity index (χ3n) is 11.9. The van der Waals surface area contributed by atoms with E-state index in [1.54, 1.807) is 35.2 Å². The van der Waals surface area contributed by atoms with Crippen molar-refractivity contribution in [2.45, 2.75) is 89.7 Å². The van der Waals surface area contributed by atoms with E-state index in [0.717, 1.165) is 42.4 Å². The maximum absolute atomic E-state index is 14.7. The number of halogens is 1. The molecule has 3 aromatic rings. The number of carbonyl (C=O) groups is 2. The Balaban J connectivity index is 1.51. The molecule has 13 nitrogen and oxygen atoms in total. The number of hydrogen-bond acceptors (Lipinski definition) is 11. The monoisotopic (exact) mass is 871 g/mol. The molecule has 3 aliphatic rings. The number of ether oxygens (including phenoxy) is 5. The molecule has 1 fully saturated rings. The first-order chi connectivity index (χ1) is 30.8. The minimum atomic E-state index is -1.57. The summed E-state index contributed by atoms with van der Waals surface area (Å²) in [5.41, 5.74) is 3.89. The van der Waals surface area contributed by atoms with Crippen molar-refractivity contribution in [2.75, 3.05) is 46.2 Å². The summed E-state index contributed by atoms with van der Waals surface area (Å²) in [5.74, 6) is -2.17. The molecule has 6 rings (SSSR count). The molecule has 1 aliphatic heterocycles. The smallest absolute Gasteiger partial charge is 0.412 e. The maximum atomic E-state index is 14.7. The number of allylic oxidation sites excluding steroid dienone is 1. The Labute approximate surface area is 369 Å². The molecule has 3 N–H and O–H groups in total. The highest BCUT2D eigenvalue weighted by molar-refractivity contribution is 6.03. The van der Waals surface area contributed by atoms with E-state index in [1.807, 2.05) is 50.2 Å². The van der Waals surface area contributed by atoms with Crippen LogP contribution >= 0.6 is 0 Å². The quantitative estimate of drug-likeness (QED) is 0.0480. The number of fused-ring (bicyclic) bond motifs is 2.